The van der Waals surface area contributed by atoms with Gasteiger partial charge in [0.15, 0.2) is 6.61 Å². The van der Waals surface area contributed by atoms with E-state index >= 15 is 0 Å². The summed E-state index contributed by atoms with van der Waals surface area (Å²) in [5.41, 5.74) is 1.36. The summed E-state index contributed by atoms with van der Waals surface area (Å²) < 4.78 is 6.21. The number of hydrogen-bond donors (Lipinski definition) is 0. The highest BCUT2D eigenvalue weighted by Crippen LogP contribution is 2.17. The molecule has 0 radical (unpaired) electrons. The number of nitrogens with zero attached hydrogens (tertiary/aromatic N) is 3. The number of ether oxygens (including phenoxy) is 1. The maximum absolute atomic E-state index is 12.4. The second-order valence-corrected chi connectivity index (χ2v) is 7.13. The van der Waals surface area contributed by atoms with Crippen molar-refractivity contribution in [3.63, 3.8) is 0 Å². The van der Waals surface area contributed by atoms with Crippen molar-refractivity contribution in [1.29, 1.82) is 0 Å². The number of aryl methyl sites for hydroxylation is 1. The normalized spacial score (nSPS) is 10.7. The third-order valence-corrected chi connectivity index (χ3v) is 5.17. The smallest absolute Gasteiger partial charge is 0.326 e. The number of likely N-dealkylation sites (N-methyl/N-ethyl adjacent to an activating group) is 1. The van der Waals surface area contributed by atoms with Gasteiger partial charge >= 0.3 is 5.97 Å². The third-order valence-electron chi connectivity index (χ3n) is 4.16. The van der Waals surface area contributed by atoms with Crippen molar-refractivity contribution in [2.45, 2.75) is 20.0 Å². The van der Waals surface area contributed by atoms with Gasteiger partial charge in [0, 0.05) is 11.9 Å². The van der Waals surface area contributed by atoms with E-state index in [-0.39, 0.29) is 24.6 Å². The Morgan fingerprint density at radius 2 is 2.04 bits per heavy atom. The molecule has 27 heavy (non-hydrogen) atoms. The number of esters is 1. The molecule has 1 amide bonds. The fourth-order valence-electron chi connectivity index (χ4n) is 2.53. The highest BCUT2D eigenvalue weighted by Gasteiger charge is 2.15. The van der Waals surface area contributed by atoms with Gasteiger partial charge in [-0.15, -0.1) is 11.3 Å². The molecule has 3 aromatic rings. The Labute approximate surface area is 159 Å². The fourth-order valence-corrected chi connectivity index (χ4v) is 3.48. The van der Waals surface area contributed by atoms with E-state index in [1.54, 1.807) is 42.6 Å². The molecule has 0 N–H and O–H groups in total. The van der Waals surface area contributed by atoms with Crippen LogP contribution in [0.4, 0.5) is 0 Å². The summed E-state index contributed by atoms with van der Waals surface area (Å²) in [6, 6.07) is 8.89. The van der Waals surface area contributed by atoms with Crippen LogP contribution in [-0.2, 0) is 27.4 Å². The topological polar surface area (TPSA) is 81.5 Å². The molecule has 2 heterocycles. The van der Waals surface area contributed by atoms with Gasteiger partial charge in [0.25, 0.3) is 11.5 Å². The van der Waals surface area contributed by atoms with E-state index in [1.807, 2.05) is 18.4 Å². The van der Waals surface area contributed by atoms with Crippen molar-refractivity contribution in [3.05, 3.63) is 62.8 Å². The molecule has 0 atom stereocenters. The number of para-hydroxylation sites is 1. The predicted octanol–water partition coefficient (Wildman–Crippen LogP) is 1.97. The first-order chi connectivity index (χ1) is 13.0. The maximum Gasteiger partial charge on any atom is 0.326 e. The molecule has 0 aliphatic heterocycles. The summed E-state index contributed by atoms with van der Waals surface area (Å²) in [6.45, 7) is 1.79. The minimum atomic E-state index is -0.664. The Morgan fingerprint density at radius 3 is 2.78 bits per heavy atom. The SMILES string of the molecule is Cc1ccsc1CN(C)C(=O)COC(=O)Cn1cnc2ccccc2c1=O. The summed E-state index contributed by atoms with van der Waals surface area (Å²) in [4.78, 5) is 43.3. The predicted molar refractivity (Wildman–Crippen MR) is 102 cm³/mol. The summed E-state index contributed by atoms with van der Waals surface area (Å²) in [5, 5.41) is 2.40. The molecule has 0 spiro atoms. The Balaban J connectivity index is 1.56. The van der Waals surface area contributed by atoms with Gasteiger partial charge in [-0.3, -0.25) is 19.0 Å². The summed E-state index contributed by atoms with van der Waals surface area (Å²) >= 11 is 1.58. The Bertz CT molecular complexity index is 1040. The van der Waals surface area contributed by atoms with Gasteiger partial charge < -0.3 is 9.64 Å². The fraction of sp³-hybridized carbons (Fsp3) is 0.263. The average molecular weight is 385 g/mol. The number of aromatic nitrogens is 2. The van der Waals surface area contributed by atoms with Gasteiger partial charge in [-0.2, -0.15) is 0 Å². The molecule has 1 aromatic carbocycles. The third kappa shape index (κ3) is 4.40. The number of hydrogen-bond acceptors (Lipinski definition) is 6. The summed E-state index contributed by atoms with van der Waals surface area (Å²) in [6.07, 6.45) is 1.31. The molecule has 8 heteroatoms. The zero-order valence-electron chi connectivity index (χ0n) is 15.0. The Kier molecular flexibility index (Phi) is 5.66. The van der Waals surface area contributed by atoms with Crippen molar-refractivity contribution in [2.24, 2.45) is 0 Å². The van der Waals surface area contributed by atoms with Crippen LogP contribution in [0.1, 0.15) is 10.4 Å². The minimum absolute atomic E-state index is 0.294. The lowest BCUT2D eigenvalue weighted by Gasteiger charge is -2.17. The van der Waals surface area contributed by atoms with Crippen LogP contribution in [0.25, 0.3) is 10.9 Å². The highest BCUT2D eigenvalue weighted by atomic mass is 32.1. The van der Waals surface area contributed by atoms with Crippen LogP contribution in [0.2, 0.25) is 0 Å². The molecule has 0 bridgehead atoms. The van der Waals surface area contributed by atoms with Crippen LogP contribution in [0, 0.1) is 6.92 Å². The molecule has 0 unspecified atom stereocenters. The Hall–Kier alpha value is -3.00. The number of carbonyl (C=O) groups is 2. The number of benzene rings is 1. The van der Waals surface area contributed by atoms with Gasteiger partial charge in [-0.05, 0) is 36.1 Å². The van der Waals surface area contributed by atoms with Crippen LogP contribution in [0.15, 0.2) is 46.8 Å². The van der Waals surface area contributed by atoms with E-state index in [0.717, 1.165) is 10.4 Å². The Morgan fingerprint density at radius 1 is 1.26 bits per heavy atom. The molecule has 0 fully saturated rings. The van der Waals surface area contributed by atoms with Gasteiger partial charge in [0.05, 0.1) is 23.8 Å². The molecule has 0 aliphatic rings. The van der Waals surface area contributed by atoms with E-state index in [0.29, 0.717) is 17.4 Å². The van der Waals surface area contributed by atoms with Gasteiger partial charge in [0.2, 0.25) is 0 Å². The number of thiophene rings is 1. The van der Waals surface area contributed by atoms with Crippen LogP contribution in [-0.4, -0.2) is 40.0 Å². The highest BCUT2D eigenvalue weighted by molar-refractivity contribution is 7.10. The van der Waals surface area contributed by atoms with Crippen LogP contribution >= 0.6 is 11.3 Å². The van der Waals surface area contributed by atoms with Crippen LogP contribution in [0.5, 0.6) is 0 Å². The lowest BCUT2D eigenvalue weighted by Crippen LogP contribution is -2.32. The molecule has 0 saturated carbocycles. The van der Waals surface area contributed by atoms with Gasteiger partial charge in [-0.25, -0.2) is 4.98 Å². The molecular weight excluding hydrogens is 366 g/mol. The maximum atomic E-state index is 12.4. The number of amides is 1. The molecular formula is C19H19N3O4S. The van der Waals surface area contributed by atoms with E-state index in [2.05, 4.69) is 4.98 Å². The largest absolute Gasteiger partial charge is 0.454 e. The van der Waals surface area contributed by atoms with Gasteiger partial charge in [0.1, 0.15) is 6.54 Å². The first-order valence-corrected chi connectivity index (χ1v) is 9.20. The van der Waals surface area contributed by atoms with Crippen LogP contribution in [0.3, 0.4) is 0 Å². The second kappa shape index (κ2) is 8.13. The lowest BCUT2D eigenvalue weighted by molar-refractivity contribution is -0.152. The van der Waals surface area contributed by atoms with E-state index in [4.69, 9.17) is 4.74 Å². The van der Waals surface area contributed by atoms with E-state index in [1.165, 1.54) is 15.8 Å². The standard InChI is InChI=1S/C19H19N3O4S/c1-13-7-8-27-16(13)9-21(2)17(23)11-26-18(24)10-22-12-20-15-6-4-3-5-14(15)19(22)25/h3-8,12H,9-11H2,1-2H3. The van der Waals surface area contributed by atoms with Gasteiger partial charge in [-0.1, -0.05) is 12.1 Å². The lowest BCUT2D eigenvalue weighted by atomic mass is 10.2. The average Bonchev–Trinajstić information content (AvgIpc) is 3.07. The first-order valence-electron chi connectivity index (χ1n) is 8.32. The van der Waals surface area contributed by atoms with Crippen LogP contribution < -0.4 is 5.56 Å². The number of fused-ring (bicyclic) bond motifs is 1. The van der Waals surface area contributed by atoms with Crippen molar-refractivity contribution in [1.82, 2.24) is 14.5 Å². The van der Waals surface area contributed by atoms with Crippen molar-refractivity contribution in [2.75, 3.05) is 13.7 Å². The van der Waals surface area contributed by atoms with E-state index < -0.39 is 5.97 Å². The quantitative estimate of drug-likeness (QED) is 0.606. The first kappa shape index (κ1) is 18.8. The molecule has 2 aromatic heterocycles. The zero-order valence-corrected chi connectivity index (χ0v) is 15.9. The molecule has 0 aliphatic carbocycles. The zero-order chi connectivity index (χ0) is 19.4. The van der Waals surface area contributed by atoms with Crippen molar-refractivity contribution >= 4 is 34.1 Å². The molecule has 7 nitrogen and oxygen atoms in total. The van der Waals surface area contributed by atoms with Crippen molar-refractivity contribution in [3.8, 4) is 0 Å². The molecule has 3 rings (SSSR count). The van der Waals surface area contributed by atoms with E-state index in [9.17, 15) is 14.4 Å². The summed E-state index contributed by atoms with van der Waals surface area (Å²) in [7, 11) is 1.66. The second-order valence-electron chi connectivity index (χ2n) is 6.13. The summed E-state index contributed by atoms with van der Waals surface area (Å²) in [5.74, 6) is -0.969. The number of carbonyl (C=O) groups excluding carboxylic acids is 2. The minimum Gasteiger partial charge on any atom is -0.454 e. The van der Waals surface area contributed by atoms with Crippen molar-refractivity contribution < 1.29 is 14.3 Å². The molecule has 140 valence electrons. The number of rotatable bonds is 6. The monoisotopic (exact) mass is 385 g/mol. The molecule has 0 saturated heterocycles.